The van der Waals surface area contributed by atoms with Gasteiger partial charge in [-0.2, -0.15) is 13.2 Å². The number of ether oxygens (including phenoxy) is 2. The monoisotopic (exact) mass is 445 g/mol. The van der Waals surface area contributed by atoms with Crippen LogP contribution < -0.4 is 14.8 Å². The van der Waals surface area contributed by atoms with Crippen LogP contribution in [0.3, 0.4) is 0 Å². The van der Waals surface area contributed by atoms with Crippen molar-refractivity contribution in [2.45, 2.75) is 43.8 Å². The van der Waals surface area contributed by atoms with Gasteiger partial charge in [-0.05, 0) is 55.7 Å². The fourth-order valence-electron chi connectivity index (χ4n) is 4.42. The molecule has 1 aliphatic heterocycles. The third-order valence-electron chi connectivity index (χ3n) is 6.03. The fraction of sp³-hybridized carbons (Fsp3) is 0.391. The van der Waals surface area contributed by atoms with Crippen LogP contribution in [0, 0.1) is 0 Å². The highest BCUT2D eigenvalue weighted by molar-refractivity contribution is 5.95. The standard InChI is InChI=1S/C23H22F3N3O3/c24-23(25,26)15-5-6-17-18(12-15)29-21(28-17)13-2-1-3-16(10-13)27-22(30)14-4-7-19-20(11-14)32-9-8-31-19/h4-7,11-13,16H,1-3,8-10H2,(H,27,30)(H,28,29)/t13-,16+/m0/s1. The van der Waals surface area contributed by atoms with E-state index in [1.54, 1.807) is 18.2 Å². The summed E-state index contributed by atoms with van der Waals surface area (Å²) in [5, 5.41) is 3.08. The van der Waals surface area contributed by atoms with E-state index < -0.39 is 11.7 Å². The number of H-pyrrole nitrogens is 1. The maximum Gasteiger partial charge on any atom is 0.416 e. The minimum absolute atomic E-state index is 0.0380. The Morgan fingerprint density at radius 2 is 1.88 bits per heavy atom. The summed E-state index contributed by atoms with van der Waals surface area (Å²) >= 11 is 0. The van der Waals surface area contributed by atoms with E-state index in [0.717, 1.165) is 31.4 Å². The lowest BCUT2D eigenvalue weighted by Gasteiger charge is -2.29. The molecule has 9 heteroatoms. The topological polar surface area (TPSA) is 76.2 Å². The first kappa shape index (κ1) is 20.7. The molecule has 2 atom stereocenters. The Balaban J connectivity index is 1.28. The van der Waals surface area contributed by atoms with E-state index in [-0.39, 0.29) is 17.9 Å². The molecular weight excluding hydrogens is 423 g/mol. The predicted octanol–water partition coefficient (Wildman–Crippen LogP) is 4.81. The number of aromatic amines is 1. The van der Waals surface area contributed by atoms with E-state index in [1.165, 1.54) is 6.07 Å². The lowest BCUT2D eigenvalue weighted by atomic mass is 9.85. The van der Waals surface area contributed by atoms with E-state index in [4.69, 9.17) is 9.47 Å². The molecule has 2 heterocycles. The van der Waals surface area contributed by atoms with Gasteiger partial charge in [-0.1, -0.05) is 6.42 Å². The van der Waals surface area contributed by atoms with Crippen molar-refractivity contribution in [1.29, 1.82) is 0 Å². The number of carbonyl (C=O) groups is 1. The van der Waals surface area contributed by atoms with Gasteiger partial charge in [0.1, 0.15) is 19.0 Å². The molecule has 2 aromatic carbocycles. The molecule has 2 aliphatic rings. The van der Waals surface area contributed by atoms with E-state index >= 15 is 0 Å². The summed E-state index contributed by atoms with van der Waals surface area (Å²) in [6, 6.07) is 8.61. The Morgan fingerprint density at radius 3 is 2.69 bits per heavy atom. The summed E-state index contributed by atoms with van der Waals surface area (Å²) in [4.78, 5) is 20.4. The van der Waals surface area contributed by atoms with Crippen molar-refractivity contribution >= 4 is 16.9 Å². The molecule has 6 nitrogen and oxygen atoms in total. The molecule has 168 valence electrons. The second-order valence-corrected chi connectivity index (χ2v) is 8.24. The van der Waals surface area contributed by atoms with Gasteiger partial charge in [0.25, 0.3) is 5.91 Å². The van der Waals surface area contributed by atoms with E-state index in [9.17, 15) is 18.0 Å². The number of rotatable bonds is 3. The van der Waals surface area contributed by atoms with Gasteiger partial charge in [-0.15, -0.1) is 0 Å². The normalized spacial score (nSPS) is 20.8. The van der Waals surface area contributed by atoms with Crippen molar-refractivity contribution < 1.29 is 27.4 Å². The Kier molecular flexibility index (Phi) is 5.19. The fourth-order valence-corrected chi connectivity index (χ4v) is 4.42. The van der Waals surface area contributed by atoms with Gasteiger partial charge in [-0.3, -0.25) is 4.79 Å². The van der Waals surface area contributed by atoms with Gasteiger partial charge >= 0.3 is 6.18 Å². The zero-order valence-electron chi connectivity index (χ0n) is 17.2. The van der Waals surface area contributed by atoms with E-state index in [1.807, 2.05) is 0 Å². The number of amides is 1. The average Bonchev–Trinajstić information content (AvgIpc) is 3.22. The summed E-state index contributed by atoms with van der Waals surface area (Å²) in [6.45, 7) is 0.936. The van der Waals surface area contributed by atoms with Crippen molar-refractivity contribution in [2.75, 3.05) is 13.2 Å². The number of imidazole rings is 1. The largest absolute Gasteiger partial charge is 0.486 e. The highest BCUT2D eigenvalue weighted by atomic mass is 19.4. The third-order valence-corrected chi connectivity index (χ3v) is 6.03. The zero-order valence-corrected chi connectivity index (χ0v) is 17.2. The van der Waals surface area contributed by atoms with Gasteiger partial charge in [-0.25, -0.2) is 4.98 Å². The van der Waals surface area contributed by atoms with Crippen LogP contribution in [-0.2, 0) is 6.18 Å². The first-order chi connectivity index (χ1) is 15.4. The number of benzene rings is 2. The number of nitrogens with one attached hydrogen (secondary N) is 2. The zero-order chi connectivity index (χ0) is 22.3. The summed E-state index contributed by atoms with van der Waals surface area (Å²) in [6.07, 6.45) is -1.13. The molecule has 1 aliphatic carbocycles. The van der Waals surface area contributed by atoms with Gasteiger partial charge < -0.3 is 19.8 Å². The molecule has 0 saturated heterocycles. The molecule has 0 unspecified atom stereocenters. The Labute approximate surface area is 182 Å². The van der Waals surface area contributed by atoms with Crippen LogP contribution in [0.1, 0.15) is 53.3 Å². The Bertz CT molecular complexity index is 1160. The van der Waals surface area contributed by atoms with Crippen molar-refractivity contribution in [1.82, 2.24) is 15.3 Å². The second-order valence-electron chi connectivity index (χ2n) is 8.24. The first-order valence-electron chi connectivity index (χ1n) is 10.6. The van der Waals surface area contributed by atoms with E-state index in [0.29, 0.717) is 53.6 Å². The van der Waals surface area contributed by atoms with Crippen molar-refractivity contribution in [3.05, 3.63) is 53.3 Å². The van der Waals surface area contributed by atoms with Gasteiger partial charge in [0.05, 0.1) is 16.6 Å². The smallest absolute Gasteiger partial charge is 0.416 e. The number of hydrogen-bond donors (Lipinski definition) is 2. The molecule has 1 saturated carbocycles. The average molecular weight is 445 g/mol. The summed E-state index contributed by atoms with van der Waals surface area (Å²) < 4.78 is 50.0. The SMILES string of the molecule is O=C(N[C@@H]1CCC[C@H](c2nc3ccc(C(F)(F)F)cc3[nH]2)C1)c1ccc2c(c1)OCCO2. The van der Waals surface area contributed by atoms with Crippen LogP contribution in [0.15, 0.2) is 36.4 Å². The van der Waals surface area contributed by atoms with Crippen molar-refractivity contribution in [3.63, 3.8) is 0 Å². The van der Waals surface area contributed by atoms with Gasteiger partial charge in [0, 0.05) is 17.5 Å². The number of hydrogen-bond acceptors (Lipinski definition) is 4. The molecule has 0 bridgehead atoms. The molecular formula is C23H22F3N3O3. The van der Waals surface area contributed by atoms with Crippen LogP contribution in [0.25, 0.3) is 11.0 Å². The maximum atomic E-state index is 13.0. The van der Waals surface area contributed by atoms with Crippen molar-refractivity contribution in [2.24, 2.45) is 0 Å². The molecule has 1 amide bonds. The molecule has 5 rings (SSSR count). The number of halogens is 3. The molecule has 3 aromatic rings. The van der Waals surface area contributed by atoms with Crippen molar-refractivity contribution in [3.8, 4) is 11.5 Å². The number of fused-ring (bicyclic) bond motifs is 2. The van der Waals surface area contributed by atoms with Gasteiger partial charge in [0.15, 0.2) is 11.5 Å². The number of carbonyl (C=O) groups excluding carboxylic acids is 1. The lowest BCUT2D eigenvalue weighted by Crippen LogP contribution is -2.38. The molecule has 0 radical (unpaired) electrons. The van der Waals surface area contributed by atoms with Crippen LogP contribution >= 0.6 is 0 Å². The van der Waals surface area contributed by atoms with Crippen LogP contribution in [0.2, 0.25) is 0 Å². The lowest BCUT2D eigenvalue weighted by molar-refractivity contribution is -0.137. The highest BCUT2D eigenvalue weighted by Gasteiger charge is 2.31. The molecule has 1 fully saturated rings. The minimum atomic E-state index is -4.40. The quantitative estimate of drug-likeness (QED) is 0.607. The van der Waals surface area contributed by atoms with E-state index in [2.05, 4.69) is 15.3 Å². The number of nitrogens with zero attached hydrogens (tertiary/aromatic N) is 1. The number of aromatic nitrogens is 2. The summed E-state index contributed by atoms with van der Waals surface area (Å²) in [5.41, 5.74) is 0.681. The Morgan fingerprint density at radius 1 is 1.06 bits per heavy atom. The highest BCUT2D eigenvalue weighted by Crippen LogP contribution is 2.35. The Hall–Kier alpha value is -3.23. The van der Waals surface area contributed by atoms with Crippen LogP contribution in [-0.4, -0.2) is 35.1 Å². The third kappa shape index (κ3) is 4.11. The first-order valence-corrected chi connectivity index (χ1v) is 10.6. The van der Waals surface area contributed by atoms with Crippen LogP contribution in [0.5, 0.6) is 11.5 Å². The molecule has 2 N–H and O–H groups in total. The predicted molar refractivity (Wildman–Crippen MR) is 111 cm³/mol. The molecule has 32 heavy (non-hydrogen) atoms. The van der Waals surface area contributed by atoms with Crippen LogP contribution in [0.4, 0.5) is 13.2 Å². The minimum Gasteiger partial charge on any atom is -0.486 e. The maximum absolute atomic E-state index is 13.0. The van der Waals surface area contributed by atoms with Gasteiger partial charge in [0.2, 0.25) is 0 Å². The second kappa shape index (κ2) is 8.03. The summed E-state index contributed by atoms with van der Waals surface area (Å²) in [7, 11) is 0. The summed E-state index contributed by atoms with van der Waals surface area (Å²) in [5.74, 6) is 1.70. The number of alkyl halides is 3. The molecule has 0 spiro atoms. The molecule has 1 aromatic heterocycles.